The monoisotopic (exact) mass is 519 g/mol. The highest BCUT2D eigenvalue weighted by molar-refractivity contribution is 5.85. The molecule has 0 amide bonds. The molecular weight excluding hydrogens is 486 g/mol. The van der Waals surface area contributed by atoms with Gasteiger partial charge in [0.05, 0.1) is 35.7 Å². The molecule has 4 aromatic rings. The van der Waals surface area contributed by atoms with Gasteiger partial charge in [-0.15, -0.1) is 6.42 Å². The SMILES string of the molecule is C#Cc1ccc(CC2(O)CCN(c3ccc(-c4cc(OCC(C)(C)C)cn5ncc(C#N)c45)cn3)CC2)cc1. The molecule has 7 nitrogen and oxygen atoms in total. The fourth-order valence-corrected chi connectivity index (χ4v) is 4.94. The zero-order chi connectivity index (χ0) is 27.6. The molecule has 0 aliphatic carbocycles. The molecule has 7 heteroatoms. The van der Waals surface area contributed by atoms with Crippen molar-refractivity contribution in [2.24, 2.45) is 5.41 Å². The number of ether oxygens (including phenoxy) is 1. The molecule has 0 spiro atoms. The van der Waals surface area contributed by atoms with Crippen molar-refractivity contribution in [3.63, 3.8) is 0 Å². The smallest absolute Gasteiger partial charge is 0.138 e. The molecule has 0 saturated carbocycles. The molecule has 0 bridgehead atoms. The summed E-state index contributed by atoms with van der Waals surface area (Å²) in [6, 6.07) is 16.1. The maximum atomic E-state index is 11.2. The number of aromatic nitrogens is 3. The Hall–Kier alpha value is -4.33. The summed E-state index contributed by atoms with van der Waals surface area (Å²) in [5, 5.41) is 25.3. The Morgan fingerprint density at radius 2 is 1.85 bits per heavy atom. The van der Waals surface area contributed by atoms with Gasteiger partial charge in [0.15, 0.2) is 0 Å². The minimum atomic E-state index is -0.747. The molecule has 5 rings (SSSR count). The van der Waals surface area contributed by atoms with Crippen LogP contribution in [0.15, 0.2) is 61.1 Å². The van der Waals surface area contributed by atoms with E-state index in [2.05, 4.69) is 42.8 Å². The van der Waals surface area contributed by atoms with E-state index in [9.17, 15) is 10.4 Å². The van der Waals surface area contributed by atoms with Gasteiger partial charge in [-0.3, -0.25) is 0 Å². The Balaban J connectivity index is 1.33. The molecule has 39 heavy (non-hydrogen) atoms. The molecule has 1 N–H and O–H groups in total. The van der Waals surface area contributed by atoms with Crippen molar-refractivity contribution in [2.45, 2.75) is 45.6 Å². The van der Waals surface area contributed by atoms with Gasteiger partial charge in [-0.2, -0.15) is 10.4 Å². The highest BCUT2D eigenvalue weighted by Gasteiger charge is 2.33. The third-order valence-corrected chi connectivity index (χ3v) is 7.11. The number of nitrogens with zero attached hydrogens (tertiary/aromatic N) is 5. The average Bonchev–Trinajstić information content (AvgIpc) is 3.35. The fourth-order valence-electron chi connectivity index (χ4n) is 4.94. The normalized spacial score (nSPS) is 15.1. The lowest BCUT2D eigenvalue weighted by atomic mass is 9.85. The van der Waals surface area contributed by atoms with Crippen LogP contribution < -0.4 is 9.64 Å². The molecule has 1 saturated heterocycles. The Kier molecular flexibility index (Phi) is 7.04. The van der Waals surface area contributed by atoms with Crippen molar-refractivity contribution in [3.05, 3.63) is 77.7 Å². The second kappa shape index (κ2) is 10.4. The topological polar surface area (TPSA) is 86.7 Å². The fraction of sp³-hybridized carbons (Fsp3) is 0.344. The molecule has 198 valence electrons. The number of rotatable bonds is 6. The van der Waals surface area contributed by atoms with Crippen LogP contribution in [-0.4, -0.2) is 45.0 Å². The molecule has 0 radical (unpaired) electrons. The molecular formula is C32H33N5O2. The van der Waals surface area contributed by atoms with E-state index in [1.165, 1.54) is 0 Å². The van der Waals surface area contributed by atoms with Gasteiger partial charge in [0, 0.05) is 42.4 Å². The van der Waals surface area contributed by atoms with Crippen LogP contribution >= 0.6 is 0 Å². The summed E-state index contributed by atoms with van der Waals surface area (Å²) in [4.78, 5) is 6.97. The highest BCUT2D eigenvalue weighted by Crippen LogP contribution is 2.33. The summed E-state index contributed by atoms with van der Waals surface area (Å²) < 4.78 is 7.77. The number of pyridine rings is 2. The number of aliphatic hydroxyl groups is 1. The minimum Gasteiger partial charge on any atom is -0.491 e. The van der Waals surface area contributed by atoms with Gasteiger partial charge in [-0.05, 0) is 54.2 Å². The van der Waals surface area contributed by atoms with E-state index in [1.807, 2.05) is 54.9 Å². The number of nitriles is 1. The van der Waals surface area contributed by atoms with Gasteiger partial charge >= 0.3 is 0 Å². The van der Waals surface area contributed by atoms with E-state index in [0.717, 1.165) is 33.6 Å². The minimum absolute atomic E-state index is 0.00739. The number of hydrogen-bond donors (Lipinski definition) is 1. The number of benzene rings is 1. The van der Waals surface area contributed by atoms with Gasteiger partial charge in [0.2, 0.25) is 0 Å². The van der Waals surface area contributed by atoms with Crippen LogP contribution in [0.3, 0.4) is 0 Å². The molecule has 1 aromatic carbocycles. The second-order valence-corrected chi connectivity index (χ2v) is 11.5. The number of anilines is 1. The van der Waals surface area contributed by atoms with E-state index < -0.39 is 5.60 Å². The highest BCUT2D eigenvalue weighted by atomic mass is 16.5. The summed E-state index contributed by atoms with van der Waals surface area (Å²) in [7, 11) is 0. The first-order chi connectivity index (χ1) is 18.7. The van der Waals surface area contributed by atoms with Crippen LogP contribution in [0, 0.1) is 29.1 Å². The summed E-state index contributed by atoms with van der Waals surface area (Å²) in [6.45, 7) is 8.35. The third kappa shape index (κ3) is 5.90. The quantitative estimate of drug-likeness (QED) is 0.350. The summed E-state index contributed by atoms with van der Waals surface area (Å²) >= 11 is 0. The largest absolute Gasteiger partial charge is 0.491 e. The number of terminal acetylenes is 1. The second-order valence-electron chi connectivity index (χ2n) is 11.5. The van der Waals surface area contributed by atoms with Gasteiger partial charge < -0.3 is 14.7 Å². The van der Waals surface area contributed by atoms with Crippen LogP contribution in [0.4, 0.5) is 5.82 Å². The average molecular weight is 520 g/mol. The van der Waals surface area contributed by atoms with Crippen molar-refractivity contribution in [1.29, 1.82) is 5.26 Å². The Morgan fingerprint density at radius 3 is 2.46 bits per heavy atom. The number of hydrogen-bond acceptors (Lipinski definition) is 6. The number of fused-ring (bicyclic) bond motifs is 1. The predicted octanol–water partition coefficient (Wildman–Crippen LogP) is 5.25. The van der Waals surface area contributed by atoms with Crippen LogP contribution in [-0.2, 0) is 6.42 Å². The third-order valence-electron chi connectivity index (χ3n) is 7.11. The number of piperidine rings is 1. The lowest BCUT2D eigenvalue weighted by Gasteiger charge is -2.39. The zero-order valence-corrected chi connectivity index (χ0v) is 22.7. The summed E-state index contributed by atoms with van der Waals surface area (Å²) in [5.41, 5.74) is 4.15. The first-order valence-corrected chi connectivity index (χ1v) is 13.2. The van der Waals surface area contributed by atoms with Crippen molar-refractivity contribution in [1.82, 2.24) is 14.6 Å². The molecule has 0 unspecified atom stereocenters. The van der Waals surface area contributed by atoms with Crippen molar-refractivity contribution < 1.29 is 9.84 Å². The van der Waals surface area contributed by atoms with E-state index in [4.69, 9.17) is 16.1 Å². The van der Waals surface area contributed by atoms with Crippen LogP contribution in [0.1, 0.15) is 50.3 Å². The summed E-state index contributed by atoms with van der Waals surface area (Å²) in [6.07, 6.45) is 12.6. The van der Waals surface area contributed by atoms with Gasteiger partial charge in [-0.25, -0.2) is 9.50 Å². The van der Waals surface area contributed by atoms with Gasteiger partial charge in [0.25, 0.3) is 0 Å². The maximum absolute atomic E-state index is 11.2. The predicted molar refractivity (Wildman–Crippen MR) is 153 cm³/mol. The first kappa shape index (κ1) is 26.3. The van der Waals surface area contributed by atoms with Crippen LogP contribution in [0.25, 0.3) is 16.6 Å². The van der Waals surface area contributed by atoms with E-state index in [0.29, 0.717) is 50.3 Å². The van der Waals surface area contributed by atoms with E-state index >= 15 is 0 Å². The zero-order valence-electron chi connectivity index (χ0n) is 22.7. The van der Waals surface area contributed by atoms with Gasteiger partial charge in [-0.1, -0.05) is 38.8 Å². The molecule has 0 atom stereocenters. The lowest BCUT2D eigenvalue weighted by Crippen LogP contribution is -2.46. The molecule has 1 aliphatic rings. The molecule has 3 aromatic heterocycles. The maximum Gasteiger partial charge on any atom is 0.138 e. The van der Waals surface area contributed by atoms with E-state index in [1.54, 1.807) is 10.7 Å². The molecule has 4 heterocycles. The Morgan fingerprint density at radius 1 is 1.10 bits per heavy atom. The van der Waals surface area contributed by atoms with Crippen molar-refractivity contribution in [2.75, 3.05) is 24.6 Å². The van der Waals surface area contributed by atoms with Crippen LogP contribution in [0.2, 0.25) is 0 Å². The van der Waals surface area contributed by atoms with Crippen molar-refractivity contribution in [3.8, 4) is 35.3 Å². The standard InChI is InChI=1S/C32H33N5O2/c1-5-23-6-8-24(9-7-23)17-32(38)12-14-36(15-13-32)29-11-10-25(19-34-29)28-16-27(39-22-31(2,3)4)21-37-30(28)26(18-33)20-35-37/h1,6-11,16,19-21,38H,12-15,17,22H2,2-4H3. The molecule has 1 fully saturated rings. The first-order valence-electron chi connectivity index (χ1n) is 13.2. The van der Waals surface area contributed by atoms with E-state index in [-0.39, 0.29) is 5.41 Å². The molecule has 1 aliphatic heterocycles. The summed E-state index contributed by atoms with van der Waals surface area (Å²) in [5.74, 6) is 4.18. The Bertz CT molecular complexity index is 1540. The van der Waals surface area contributed by atoms with Crippen molar-refractivity contribution >= 4 is 11.3 Å². The lowest BCUT2D eigenvalue weighted by molar-refractivity contribution is 0.0164. The van der Waals surface area contributed by atoms with Gasteiger partial charge in [0.1, 0.15) is 17.6 Å². The Labute approximate surface area is 229 Å². The van der Waals surface area contributed by atoms with Crippen LogP contribution in [0.5, 0.6) is 5.75 Å².